The highest BCUT2D eigenvalue weighted by Crippen LogP contribution is 2.24. The van der Waals surface area contributed by atoms with E-state index in [4.69, 9.17) is 10.5 Å². The molecule has 124 valence electrons. The largest absolute Gasteiger partial charge is 0.374 e. The Kier molecular flexibility index (Phi) is 7.63. The summed E-state index contributed by atoms with van der Waals surface area (Å²) in [5, 5.41) is 3.05. The van der Waals surface area contributed by atoms with Gasteiger partial charge in [0, 0.05) is 32.7 Å². The standard InChI is InChI=1S/C16H33N3O2/c1-5-16(6-2,12-17)15(20)18-9-14-11-19(7-8-21-14)10-13(3)4/h13-14H,5-12,17H2,1-4H3,(H,18,20). The second-order valence-electron chi connectivity index (χ2n) is 6.55. The highest BCUT2D eigenvalue weighted by Gasteiger charge is 2.33. The summed E-state index contributed by atoms with van der Waals surface area (Å²) in [4.78, 5) is 14.8. The number of carbonyl (C=O) groups excluding carboxylic acids is 1. The van der Waals surface area contributed by atoms with Crippen molar-refractivity contribution < 1.29 is 9.53 Å². The van der Waals surface area contributed by atoms with Crippen molar-refractivity contribution in [3.8, 4) is 0 Å². The molecular formula is C16H33N3O2. The van der Waals surface area contributed by atoms with Crippen LogP contribution in [0, 0.1) is 11.3 Å². The van der Waals surface area contributed by atoms with Gasteiger partial charge >= 0.3 is 0 Å². The van der Waals surface area contributed by atoms with Gasteiger partial charge in [0.15, 0.2) is 0 Å². The average Bonchev–Trinajstić information content (AvgIpc) is 2.47. The summed E-state index contributed by atoms with van der Waals surface area (Å²) >= 11 is 0. The van der Waals surface area contributed by atoms with Crippen molar-refractivity contribution in [1.82, 2.24) is 10.2 Å². The molecule has 1 unspecified atom stereocenters. The number of carbonyl (C=O) groups is 1. The first-order valence-corrected chi connectivity index (χ1v) is 8.29. The molecule has 1 atom stereocenters. The minimum atomic E-state index is -0.424. The van der Waals surface area contributed by atoms with Crippen LogP contribution in [0.15, 0.2) is 0 Å². The van der Waals surface area contributed by atoms with Crippen LogP contribution in [-0.4, -0.2) is 56.2 Å². The molecule has 3 N–H and O–H groups in total. The lowest BCUT2D eigenvalue weighted by molar-refractivity contribution is -0.132. The highest BCUT2D eigenvalue weighted by atomic mass is 16.5. The number of morpholine rings is 1. The summed E-state index contributed by atoms with van der Waals surface area (Å²) in [6, 6.07) is 0. The van der Waals surface area contributed by atoms with E-state index in [-0.39, 0.29) is 12.0 Å². The number of ether oxygens (including phenoxy) is 1. The van der Waals surface area contributed by atoms with Gasteiger partial charge in [0.25, 0.3) is 0 Å². The van der Waals surface area contributed by atoms with Crippen molar-refractivity contribution in [2.75, 3.05) is 39.3 Å². The van der Waals surface area contributed by atoms with Crippen LogP contribution in [0.25, 0.3) is 0 Å². The maximum atomic E-state index is 12.4. The third kappa shape index (κ3) is 5.24. The smallest absolute Gasteiger partial charge is 0.227 e. The van der Waals surface area contributed by atoms with Crippen LogP contribution in [0.3, 0.4) is 0 Å². The van der Waals surface area contributed by atoms with Crippen LogP contribution < -0.4 is 11.1 Å². The van der Waals surface area contributed by atoms with Crippen molar-refractivity contribution in [2.45, 2.75) is 46.6 Å². The van der Waals surface area contributed by atoms with Crippen LogP contribution in [0.4, 0.5) is 0 Å². The summed E-state index contributed by atoms with van der Waals surface area (Å²) in [6.45, 7) is 13.2. The van der Waals surface area contributed by atoms with Crippen LogP contribution in [-0.2, 0) is 9.53 Å². The second kappa shape index (κ2) is 8.71. The molecule has 5 heteroatoms. The summed E-state index contributed by atoms with van der Waals surface area (Å²) in [6.07, 6.45) is 1.64. The molecule has 0 radical (unpaired) electrons. The molecule has 0 aliphatic carbocycles. The number of rotatable bonds is 8. The minimum Gasteiger partial charge on any atom is -0.374 e. The Morgan fingerprint density at radius 3 is 2.62 bits per heavy atom. The molecule has 1 heterocycles. The van der Waals surface area contributed by atoms with Crippen molar-refractivity contribution in [2.24, 2.45) is 17.1 Å². The lowest BCUT2D eigenvalue weighted by Gasteiger charge is -2.35. The van der Waals surface area contributed by atoms with Crippen LogP contribution in [0.2, 0.25) is 0 Å². The zero-order valence-electron chi connectivity index (χ0n) is 14.2. The molecule has 21 heavy (non-hydrogen) atoms. The summed E-state index contributed by atoms with van der Waals surface area (Å²) in [5.41, 5.74) is 5.39. The average molecular weight is 299 g/mol. The van der Waals surface area contributed by atoms with Crippen molar-refractivity contribution in [3.05, 3.63) is 0 Å². The lowest BCUT2D eigenvalue weighted by Crippen LogP contribution is -2.51. The van der Waals surface area contributed by atoms with Gasteiger partial charge in [0.1, 0.15) is 0 Å². The molecule has 1 rings (SSSR count). The third-order valence-corrected chi connectivity index (χ3v) is 4.56. The molecule has 0 bridgehead atoms. The Morgan fingerprint density at radius 2 is 2.10 bits per heavy atom. The van der Waals surface area contributed by atoms with E-state index in [1.165, 1.54) is 0 Å². The monoisotopic (exact) mass is 299 g/mol. The van der Waals surface area contributed by atoms with E-state index in [1.807, 2.05) is 13.8 Å². The molecular weight excluding hydrogens is 266 g/mol. The van der Waals surface area contributed by atoms with Gasteiger partial charge in [-0.3, -0.25) is 9.69 Å². The molecule has 5 nitrogen and oxygen atoms in total. The van der Waals surface area contributed by atoms with Crippen LogP contribution >= 0.6 is 0 Å². The molecule has 1 aliphatic rings. The van der Waals surface area contributed by atoms with Gasteiger partial charge in [-0.1, -0.05) is 27.7 Å². The topological polar surface area (TPSA) is 67.6 Å². The molecule has 1 saturated heterocycles. The summed E-state index contributed by atoms with van der Waals surface area (Å²) in [7, 11) is 0. The van der Waals surface area contributed by atoms with Crippen molar-refractivity contribution >= 4 is 5.91 Å². The van der Waals surface area contributed by atoms with Gasteiger partial charge in [-0.05, 0) is 18.8 Å². The van der Waals surface area contributed by atoms with E-state index < -0.39 is 5.41 Å². The van der Waals surface area contributed by atoms with Gasteiger partial charge in [-0.15, -0.1) is 0 Å². The van der Waals surface area contributed by atoms with Crippen molar-refractivity contribution in [1.29, 1.82) is 0 Å². The minimum absolute atomic E-state index is 0.0691. The molecule has 0 spiro atoms. The molecule has 0 aromatic heterocycles. The predicted molar refractivity (Wildman–Crippen MR) is 86.1 cm³/mol. The predicted octanol–water partition coefficient (Wildman–Crippen LogP) is 1.22. The van der Waals surface area contributed by atoms with Gasteiger partial charge in [-0.25, -0.2) is 0 Å². The zero-order valence-corrected chi connectivity index (χ0v) is 14.2. The first kappa shape index (κ1) is 18.4. The SMILES string of the molecule is CCC(CC)(CN)C(=O)NCC1CN(CC(C)C)CCO1. The fourth-order valence-electron chi connectivity index (χ4n) is 2.93. The number of hydrogen-bond donors (Lipinski definition) is 2. The quantitative estimate of drug-likeness (QED) is 0.707. The van der Waals surface area contributed by atoms with E-state index in [0.29, 0.717) is 19.0 Å². The highest BCUT2D eigenvalue weighted by molar-refractivity contribution is 5.82. The maximum Gasteiger partial charge on any atom is 0.227 e. The Balaban J connectivity index is 2.45. The number of nitrogens with one attached hydrogen (secondary N) is 1. The van der Waals surface area contributed by atoms with Crippen LogP contribution in [0.5, 0.6) is 0 Å². The normalized spacial score (nSPS) is 20.8. The van der Waals surface area contributed by atoms with Gasteiger partial charge in [-0.2, -0.15) is 0 Å². The van der Waals surface area contributed by atoms with Gasteiger partial charge in [0.05, 0.1) is 18.1 Å². The van der Waals surface area contributed by atoms with Gasteiger partial charge in [0.2, 0.25) is 5.91 Å². The number of hydrogen-bond acceptors (Lipinski definition) is 4. The number of amides is 1. The van der Waals surface area contributed by atoms with Crippen molar-refractivity contribution in [3.63, 3.8) is 0 Å². The Labute approximate surface area is 129 Å². The maximum absolute atomic E-state index is 12.4. The van der Waals surface area contributed by atoms with E-state index in [0.717, 1.165) is 39.1 Å². The first-order chi connectivity index (χ1) is 9.97. The van der Waals surface area contributed by atoms with Gasteiger partial charge < -0.3 is 15.8 Å². The lowest BCUT2D eigenvalue weighted by atomic mass is 9.81. The molecule has 0 saturated carbocycles. The van der Waals surface area contributed by atoms with E-state index in [9.17, 15) is 4.79 Å². The Hall–Kier alpha value is -0.650. The molecule has 1 aliphatic heterocycles. The second-order valence-corrected chi connectivity index (χ2v) is 6.55. The number of nitrogens with zero attached hydrogens (tertiary/aromatic N) is 1. The molecule has 0 aromatic carbocycles. The molecule has 0 aromatic rings. The fourth-order valence-corrected chi connectivity index (χ4v) is 2.93. The van der Waals surface area contributed by atoms with E-state index in [2.05, 4.69) is 24.1 Å². The first-order valence-electron chi connectivity index (χ1n) is 8.29. The Morgan fingerprint density at radius 1 is 1.43 bits per heavy atom. The fraction of sp³-hybridized carbons (Fsp3) is 0.938. The number of nitrogens with two attached hydrogens (primary N) is 1. The Bertz CT molecular complexity index is 308. The van der Waals surface area contributed by atoms with Crippen LogP contribution in [0.1, 0.15) is 40.5 Å². The third-order valence-electron chi connectivity index (χ3n) is 4.56. The van der Waals surface area contributed by atoms with E-state index in [1.54, 1.807) is 0 Å². The molecule has 1 amide bonds. The summed E-state index contributed by atoms with van der Waals surface area (Å²) in [5.74, 6) is 0.725. The van der Waals surface area contributed by atoms with E-state index >= 15 is 0 Å². The molecule has 1 fully saturated rings. The summed E-state index contributed by atoms with van der Waals surface area (Å²) < 4.78 is 5.77. The zero-order chi connectivity index (χ0) is 15.9.